The molecule has 1 unspecified atom stereocenters. The molecule has 17 heavy (non-hydrogen) atoms. The molecule has 4 heteroatoms. The van der Waals surface area contributed by atoms with Crippen molar-refractivity contribution in [3.63, 3.8) is 0 Å². The third kappa shape index (κ3) is 2.91. The van der Waals surface area contributed by atoms with Crippen molar-refractivity contribution in [1.29, 1.82) is 0 Å². The Balaban J connectivity index is 2.07. The molecule has 1 atom stereocenters. The average molecular weight is 249 g/mol. The van der Waals surface area contributed by atoms with E-state index in [0.29, 0.717) is 4.88 Å². The van der Waals surface area contributed by atoms with E-state index in [2.05, 4.69) is 5.32 Å². The van der Waals surface area contributed by atoms with Crippen molar-refractivity contribution < 1.29 is 9.18 Å². The highest BCUT2D eigenvalue weighted by atomic mass is 32.1. The summed E-state index contributed by atoms with van der Waals surface area (Å²) in [6.45, 7) is 1.83. The molecule has 0 aliphatic carbocycles. The van der Waals surface area contributed by atoms with E-state index in [1.54, 1.807) is 18.2 Å². The normalized spacial score (nSPS) is 12.1. The molecule has 0 aliphatic rings. The molecule has 1 amide bonds. The number of nitrogens with one attached hydrogen (secondary N) is 1. The van der Waals surface area contributed by atoms with Gasteiger partial charge in [-0.3, -0.25) is 4.79 Å². The van der Waals surface area contributed by atoms with Gasteiger partial charge in [-0.05, 0) is 36.1 Å². The quantitative estimate of drug-likeness (QED) is 0.887. The minimum atomic E-state index is -0.292. The highest BCUT2D eigenvalue weighted by Crippen LogP contribution is 2.15. The number of benzene rings is 1. The zero-order chi connectivity index (χ0) is 12.3. The number of halogens is 1. The number of hydrogen-bond acceptors (Lipinski definition) is 2. The highest BCUT2D eigenvalue weighted by Gasteiger charge is 2.12. The highest BCUT2D eigenvalue weighted by molar-refractivity contribution is 7.12. The number of rotatable bonds is 3. The van der Waals surface area contributed by atoms with E-state index in [4.69, 9.17) is 0 Å². The number of hydrogen-bond donors (Lipinski definition) is 1. The first-order chi connectivity index (χ1) is 8.16. The Morgan fingerprint density at radius 2 is 2.18 bits per heavy atom. The third-order valence-corrected chi connectivity index (χ3v) is 3.31. The van der Waals surface area contributed by atoms with Crippen molar-refractivity contribution in [3.8, 4) is 0 Å². The summed E-state index contributed by atoms with van der Waals surface area (Å²) in [6.07, 6.45) is 0. The first kappa shape index (κ1) is 11.8. The summed E-state index contributed by atoms with van der Waals surface area (Å²) in [4.78, 5) is 12.4. The molecule has 0 bridgehead atoms. The van der Waals surface area contributed by atoms with E-state index in [1.807, 2.05) is 18.4 Å². The molecular weight excluding hydrogens is 237 g/mol. The van der Waals surface area contributed by atoms with Crippen molar-refractivity contribution in [2.45, 2.75) is 13.0 Å². The molecule has 1 aromatic heterocycles. The molecule has 88 valence electrons. The number of thiophene rings is 1. The van der Waals surface area contributed by atoms with Crippen LogP contribution in [0.5, 0.6) is 0 Å². The Morgan fingerprint density at radius 1 is 1.35 bits per heavy atom. The van der Waals surface area contributed by atoms with Gasteiger partial charge >= 0.3 is 0 Å². The van der Waals surface area contributed by atoms with Gasteiger partial charge in [0, 0.05) is 0 Å². The second kappa shape index (κ2) is 5.10. The average Bonchev–Trinajstić information content (AvgIpc) is 2.82. The van der Waals surface area contributed by atoms with Crippen molar-refractivity contribution >= 4 is 17.2 Å². The molecule has 1 aromatic carbocycles. The van der Waals surface area contributed by atoms with Gasteiger partial charge in [0.2, 0.25) is 0 Å². The fourth-order valence-electron chi connectivity index (χ4n) is 1.53. The van der Waals surface area contributed by atoms with Crippen molar-refractivity contribution in [1.82, 2.24) is 5.32 Å². The lowest BCUT2D eigenvalue weighted by Gasteiger charge is -2.13. The second-order valence-electron chi connectivity index (χ2n) is 3.73. The summed E-state index contributed by atoms with van der Waals surface area (Å²) < 4.78 is 13.0. The molecule has 0 radical (unpaired) electrons. The lowest BCUT2D eigenvalue weighted by molar-refractivity contribution is 0.0944. The first-order valence-electron chi connectivity index (χ1n) is 5.26. The molecule has 0 aliphatic heterocycles. The molecule has 0 saturated carbocycles. The zero-order valence-corrected chi connectivity index (χ0v) is 10.1. The first-order valence-corrected chi connectivity index (χ1v) is 6.14. The summed E-state index contributed by atoms with van der Waals surface area (Å²) in [5.41, 5.74) is 0.759. The molecule has 1 heterocycles. The summed E-state index contributed by atoms with van der Waals surface area (Å²) in [5.74, 6) is -0.420. The van der Waals surface area contributed by atoms with E-state index < -0.39 is 0 Å². The maximum absolute atomic E-state index is 13.0. The van der Waals surface area contributed by atoms with Gasteiger partial charge in [-0.1, -0.05) is 18.2 Å². The van der Waals surface area contributed by atoms with Crippen LogP contribution in [-0.2, 0) is 0 Å². The van der Waals surface area contributed by atoms with Gasteiger partial charge in [0.05, 0.1) is 10.9 Å². The molecule has 2 nitrogen and oxygen atoms in total. The van der Waals surface area contributed by atoms with Crippen molar-refractivity contribution in [2.24, 2.45) is 0 Å². The van der Waals surface area contributed by atoms with E-state index in [-0.39, 0.29) is 17.8 Å². The molecule has 2 aromatic rings. The Kier molecular flexibility index (Phi) is 3.54. The SMILES string of the molecule is CC(NC(=O)c1cccs1)c1cccc(F)c1. The van der Waals surface area contributed by atoms with E-state index in [0.717, 1.165) is 5.56 Å². The Bertz CT molecular complexity index is 510. The van der Waals surface area contributed by atoms with Crippen LogP contribution in [0.1, 0.15) is 28.2 Å². The largest absolute Gasteiger partial charge is 0.345 e. The lowest BCUT2D eigenvalue weighted by atomic mass is 10.1. The standard InChI is InChI=1S/C13H12FNOS/c1-9(10-4-2-5-11(14)8-10)15-13(16)12-6-3-7-17-12/h2-9H,1H3,(H,15,16). The summed E-state index contributed by atoms with van der Waals surface area (Å²) >= 11 is 1.39. The van der Waals surface area contributed by atoms with Gasteiger partial charge in [-0.2, -0.15) is 0 Å². The van der Waals surface area contributed by atoms with Crippen LogP contribution in [0.15, 0.2) is 41.8 Å². The third-order valence-electron chi connectivity index (χ3n) is 2.44. The topological polar surface area (TPSA) is 29.1 Å². The van der Waals surface area contributed by atoms with Gasteiger partial charge < -0.3 is 5.32 Å². The van der Waals surface area contributed by atoms with Crippen LogP contribution in [0.4, 0.5) is 4.39 Å². The zero-order valence-electron chi connectivity index (χ0n) is 9.31. The van der Waals surface area contributed by atoms with Crippen molar-refractivity contribution in [2.75, 3.05) is 0 Å². The van der Waals surface area contributed by atoms with Crippen LogP contribution in [0.3, 0.4) is 0 Å². The molecule has 1 N–H and O–H groups in total. The van der Waals surface area contributed by atoms with Gasteiger partial charge in [0.1, 0.15) is 5.82 Å². The maximum atomic E-state index is 13.0. The lowest BCUT2D eigenvalue weighted by Crippen LogP contribution is -2.25. The van der Waals surface area contributed by atoms with Crippen LogP contribution >= 0.6 is 11.3 Å². The second-order valence-corrected chi connectivity index (χ2v) is 4.68. The van der Waals surface area contributed by atoms with Gasteiger partial charge in [0.25, 0.3) is 5.91 Å². The predicted octanol–water partition coefficient (Wildman–Crippen LogP) is 3.38. The summed E-state index contributed by atoms with van der Waals surface area (Å²) in [5, 5.41) is 4.68. The number of carbonyl (C=O) groups is 1. The van der Waals surface area contributed by atoms with E-state index >= 15 is 0 Å². The van der Waals surface area contributed by atoms with E-state index in [1.165, 1.54) is 23.5 Å². The van der Waals surface area contributed by atoms with Gasteiger partial charge in [-0.25, -0.2) is 4.39 Å². The fraction of sp³-hybridized carbons (Fsp3) is 0.154. The molecular formula is C13H12FNOS. The van der Waals surface area contributed by atoms with Crippen LogP contribution in [0.25, 0.3) is 0 Å². The molecule has 2 rings (SSSR count). The Labute approximate surface area is 103 Å². The monoisotopic (exact) mass is 249 g/mol. The Hall–Kier alpha value is -1.68. The van der Waals surface area contributed by atoms with Gasteiger partial charge in [-0.15, -0.1) is 11.3 Å². The maximum Gasteiger partial charge on any atom is 0.261 e. The van der Waals surface area contributed by atoms with Crippen LogP contribution in [0.2, 0.25) is 0 Å². The fourth-order valence-corrected chi connectivity index (χ4v) is 2.16. The summed E-state index contributed by atoms with van der Waals surface area (Å²) in [6, 6.07) is 9.63. The van der Waals surface area contributed by atoms with E-state index in [9.17, 15) is 9.18 Å². The van der Waals surface area contributed by atoms with Gasteiger partial charge in [0.15, 0.2) is 0 Å². The Morgan fingerprint density at radius 3 is 2.82 bits per heavy atom. The molecule has 0 spiro atoms. The number of amides is 1. The molecule has 0 saturated heterocycles. The van der Waals surface area contributed by atoms with Crippen LogP contribution in [0, 0.1) is 5.82 Å². The number of carbonyl (C=O) groups excluding carboxylic acids is 1. The van der Waals surface area contributed by atoms with Crippen LogP contribution < -0.4 is 5.32 Å². The minimum absolute atomic E-state index is 0.128. The van der Waals surface area contributed by atoms with Crippen molar-refractivity contribution in [3.05, 3.63) is 58.0 Å². The smallest absolute Gasteiger partial charge is 0.261 e. The predicted molar refractivity (Wildman–Crippen MR) is 66.6 cm³/mol. The summed E-state index contributed by atoms with van der Waals surface area (Å²) in [7, 11) is 0. The van der Waals surface area contributed by atoms with Crippen LogP contribution in [-0.4, -0.2) is 5.91 Å². The minimum Gasteiger partial charge on any atom is -0.345 e. The molecule has 0 fully saturated rings.